The highest BCUT2D eigenvalue weighted by Gasteiger charge is 2.23. The second-order valence-corrected chi connectivity index (χ2v) is 6.86. The lowest BCUT2D eigenvalue weighted by Gasteiger charge is -2.33. The van der Waals surface area contributed by atoms with E-state index in [-0.39, 0.29) is 0 Å². The summed E-state index contributed by atoms with van der Waals surface area (Å²) < 4.78 is 0. The maximum Gasteiger partial charge on any atom is 0.00801 e. The molecule has 0 aliphatic heterocycles. The number of thioether (sulfide) groups is 1. The number of hydrogen-bond donors (Lipinski definition) is 1. The first-order chi connectivity index (χ1) is 7.67. The van der Waals surface area contributed by atoms with Crippen LogP contribution in [0.1, 0.15) is 59.8 Å². The van der Waals surface area contributed by atoms with E-state index in [1.165, 1.54) is 37.9 Å². The third kappa shape index (κ3) is 4.67. The Hall–Kier alpha value is 0.310. The van der Waals surface area contributed by atoms with Gasteiger partial charge in [0.1, 0.15) is 0 Å². The van der Waals surface area contributed by atoms with E-state index >= 15 is 0 Å². The largest absolute Gasteiger partial charge is 0.311 e. The summed E-state index contributed by atoms with van der Waals surface area (Å²) in [4.78, 5) is 0. The molecule has 1 fully saturated rings. The normalized spacial score (nSPS) is 30.0. The van der Waals surface area contributed by atoms with Crippen LogP contribution in [0.4, 0.5) is 0 Å². The molecule has 1 nitrogen and oxygen atoms in total. The molecule has 1 rings (SSSR count). The van der Waals surface area contributed by atoms with Crippen molar-refractivity contribution in [2.24, 2.45) is 5.92 Å². The lowest BCUT2D eigenvalue weighted by Crippen LogP contribution is -2.43. The van der Waals surface area contributed by atoms with Crippen molar-refractivity contribution in [3.05, 3.63) is 0 Å². The molecule has 0 amide bonds. The average molecular weight is 243 g/mol. The van der Waals surface area contributed by atoms with Crippen LogP contribution < -0.4 is 5.32 Å². The molecule has 1 saturated carbocycles. The monoisotopic (exact) mass is 243 g/mol. The molecule has 1 N–H and O–H groups in total. The topological polar surface area (TPSA) is 12.0 Å². The molecule has 16 heavy (non-hydrogen) atoms. The molecule has 0 aromatic carbocycles. The third-order valence-corrected chi connectivity index (χ3v) is 5.26. The van der Waals surface area contributed by atoms with Crippen molar-refractivity contribution in [1.82, 2.24) is 5.32 Å². The van der Waals surface area contributed by atoms with Crippen molar-refractivity contribution in [2.45, 2.75) is 77.1 Å². The van der Waals surface area contributed by atoms with Gasteiger partial charge in [-0.05, 0) is 37.9 Å². The molecule has 0 heterocycles. The van der Waals surface area contributed by atoms with E-state index in [0.717, 1.165) is 17.2 Å². The molecule has 96 valence electrons. The van der Waals surface area contributed by atoms with E-state index in [0.29, 0.717) is 6.04 Å². The zero-order chi connectivity index (χ0) is 12.0. The molecule has 0 aromatic rings. The van der Waals surface area contributed by atoms with Crippen molar-refractivity contribution in [3.8, 4) is 0 Å². The van der Waals surface area contributed by atoms with Crippen LogP contribution in [0.5, 0.6) is 0 Å². The Morgan fingerprint density at radius 1 is 1.25 bits per heavy atom. The van der Waals surface area contributed by atoms with E-state index in [2.05, 4.69) is 44.8 Å². The Labute approximate surface area is 106 Å². The van der Waals surface area contributed by atoms with E-state index in [1.54, 1.807) is 0 Å². The molecule has 0 bridgehead atoms. The Balaban J connectivity index is 2.30. The van der Waals surface area contributed by atoms with Gasteiger partial charge in [0.25, 0.3) is 0 Å². The first kappa shape index (κ1) is 14.4. The SMILES string of the molecule is CCSC1CCCC(NC(C)C(C)CC)C1. The second kappa shape index (κ2) is 7.60. The van der Waals surface area contributed by atoms with Crippen LogP contribution in [-0.2, 0) is 0 Å². The van der Waals surface area contributed by atoms with Crippen LogP contribution in [0.25, 0.3) is 0 Å². The third-order valence-electron chi connectivity index (χ3n) is 4.02. The molecule has 1 aliphatic carbocycles. The fourth-order valence-corrected chi connectivity index (χ4v) is 3.75. The predicted octanol–water partition coefficient (Wildman–Crippen LogP) is 4.07. The van der Waals surface area contributed by atoms with Gasteiger partial charge in [-0.1, -0.05) is 33.6 Å². The Kier molecular flexibility index (Phi) is 6.83. The minimum Gasteiger partial charge on any atom is -0.311 e. The van der Waals surface area contributed by atoms with Gasteiger partial charge in [-0.15, -0.1) is 0 Å². The summed E-state index contributed by atoms with van der Waals surface area (Å²) in [5.74, 6) is 2.08. The van der Waals surface area contributed by atoms with E-state index in [1.807, 2.05) is 0 Å². The van der Waals surface area contributed by atoms with Crippen molar-refractivity contribution >= 4 is 11.8 Å². The Morgan fingerprint density at radius 2 is 2.00 bits per heavy atom. The maximum atomic E-state index is 3.84. The van der Waals surface area contributed by atoms with Gasteiger partial charge >= 0.3 is 0 Å². The van der Waals surface area contributed by atoms with Crippen LogP contribution in [0.2, 0.25) is 0 Å². The minimum absolute atomic E-state index is 0.681. The summed E-state index contributed by atoms with van der Waals surface area (Å²) in [7, 11) is 0. The van der Waals surface area contributed by atoms with E-state index < -0.39 is 0 Å². The van der Waals surface area contributed by atoms with Crippen molar-refractivity contribution in [2.75, 3.05) is 5.75 Å². The maximum absolute atomic E-state index is 3.84. The Morgan fingerprint density at radius 3 is 2.62 bits per heavy atom. The fraction of sp³-hybridized carbons (Fsp3) is 1.00. The van der Waals surface area contributed by atoms with Crippen molar-refractivity contribution < 1.29 is 0 Å². The number of rotatable bonds is 6. The molecule has 1 aliphatic rings. The summed E-state index contributed by atoms with van der Waals surface area (Å²) in [5.41, 5.74) is 0. The highest BCUT2D eigenvalue weighted by atomic mass is 32.2. The molecule has 4 atom stereocenters. The molecule has 4 unspecified atom stereocenters. The summed E-state index contributed by atoms with van der Waals surface area (Å²) in [6.45, 7) is 9.28. The van der Waals surface area contributed by atoms with Gasteiger partial charge in [0.2, 0.25) is 0 Å². The highest BCUT2D eigenvalue weighted by Crippen LogP contribution is 2.29. The molecule has 2 heteroatoms. The number of nitrogens with one attached hydrogen (secondary N) is 1. The standard InChI is InChI=1S/C14H29NS/c1-5-11(3)12(4)15-13-8-7-9-14(10-13)16-6-2/h11-15H,5-10H2,1-4H3. The summed E-state index contributed by atoms with van der Waals surface area (Å²) in [6.07, 6.45) is 6.92. The van der Waals surface area contributed by atoms with Crippen LogP contribution in [-0.4, -0.2) is 23.1 Å². The summed E-state index contributed by atoms with van der Waals surface area (Å²) in [6, 6.07) is 1.46. The molecule has 0 spiro atoms. The van der Waals surface area contributed by atoms with Crippen LogP contribution in [0.15, 0.2) is 0 Å². The van der Waals surface area contributed by atoms with Gasteiger partial charge in [0.15, 0.2) is 0 Å². The molecular formula is C14H29NS. The van der Waals surface area contributed by atoms with Crippen molar-refractivity contribution in [3.63, 3.8) is 0 Å². The molecule has 0 aromatic heterocycles. The van der Waals surface area contributed by atoms with Crippen LogP contribution >= 0.6 is 11.8 Å². The first-order valence-electron chi connectivity index (χ1n) is 7.05. The summed E-state index contributed by atoms with van der Waals surface area (Å²) in [5, 5.41) is 4.76. The fourth-order valence-electron chi connectivity index (χ4n) is 2.57. The highest BCUT2D eigenvalue weighted by molar-refractivity contribution is 7.99. The van der Waals surface area contributed by atoms with Crippen LogP contribution in [0.3, 0.4) is 0 Å². The lowest BCUT2D eigenvalue weighted by atomic mass is 9.92. The van der Waals surface area contributed by atoms with E-state index in [9.17, 15) is 0 Å². The van der Waals surface area contributed by atoms with E-state index in [4.69, 9.17) is 0 Å². The van der Waals surface area contributed by atoms with Crippen LogP contribution in [0, 0.1) is 5.92 Å². The average Bonchev–Trinajstić information content (AvgIpc) is 2.29. The van der Waals surface area contributed by atoms with Gasteiger partial charge in [-0.25, -0.2) is 0 Å². The van der Waals surface area contributed by atoms with Gasteiger partial charge in [0.05, 0.1) is 0 Å². The molecule has 0 saturated heterocycles. The van der Waals surface area contributed by atoms with Gasteiger partial charge in [0, 0.05) is 17.3 Å². The minimum atomic E-state index is 0.681. The Bertz CT molecular complexity index is 182. The first-order valence-corrected chi connectivity index (χ1v) is 8.09. The van der Waals surface area contributed by atoms with Crippen molar-refractivity contribution in [1.29, 1.82) is 0 Å². The lowest BCUT2D eigenvalue weighted by molar-refractivity contribution is 0.300. The predicted molar refractivity (Wildman–Crippen MR) is 76.2 cm³/mol. The zero-order valence-corrected chi connectivity index (χ0v) is 12.3. The smallest absolute Gasteiger partial charge is 0.00801 e. The zero-order valence-electron chi connectivity index (χ0n) is 11.5. The number of hydrogen-bond acceptors (Lipinski definition) is 2. The van der Waals surface area contributed by atoms with Gasteiger partial charge in [-0.2, -0.15) is 11.8 Å². The summed E-state index contributed by atoms with van der Waals surface area (Å²) >= 11 is 2.16. The quantitative estimate of drug-likeness (QED) is 0.754. The second-order valence-electron chi connectivity index (χ2n) is 5.28. The van der Waals surface area contributed by atoms with Gasteiger partial charge in [-0.3, -0.25) is 0 Å². The molecule has 0 radical (unpaired) electrons. The molecular weight excluding hydrogens is 214 g/mol. The van der Waals surface area contributed by atoms with Gasteiger partial charge < -0.3 is 5.32 Å².